The molecule has 4 rings (SSSR count). The van der Waals surface area contributed by atoms with Gasteiger partial charge in [-0.05, 0) is 22.9 Å². The van der Waals surface area contributed by atoms with Gasteiger partial charge in [-0.25, -0.2) is 9.97 Å². The molecule has 6 heteroatoms. The van der Waals surface area contributed by atoms with E-state index in [1.165, 1.54) is 4.88 Å². The zero-order valence-electron chi connectivity index (χ0n) is 10.0. The summed E-state index contributed by atoms with van der Waals surface area (Å²) >= 11 is 11.3. The first-order chi connectivity index (χ1) is 9.83. The van der Waals surface area contributed by atoms with Gasteiger partial charge in [0.25, 0.3) is 0 Å². The molecular formula is C14H7ClN2S3. The normalized spacial score (nSPS) is 11.2. The van der Waals surface area contributed by atoms with Crippen molar-refractivity contribution >= 4 is 55.8 Å². The predicted octanol–water partition coefficient (Wildman–Crippen LogP) is 5.80. The van der Waals surface area contributed by atoms with Crippen molar-refractivity contribution in [2.45, 2.75) is 0 Å². The van der Waals surface area contributed by atoms with Crippen LogP contribution in [0.5, 0.6) is 0 Å². The molecule has 0 aliphatic carbocycles. The largest absolute Gasteiger partial charge is 0.216 e. The molecule has 0 unspecified atom stereocenters. The summed E-state index contributed by atoms with van der Waals surface area (Å²) in [5.41, 5.74) is 1.13. The van der Waals surface area contributed by atoms with E-state index < -0.39 is 0 Å². The average Bonchev–Trinajstić information content (AvgIpc) is 3.19. The number of halogens is 1. The summed E-state index contributed by atoms with van der Waals surface area (Å²) in [7, 11) is 0. The van der Waals surface area contributed by atoms with Crippen LogP contribution in [0.3, 0.4) is 0 Å². The molecule has 0 saturated heterocycles. The third-order valence-electron chi connectivity index (χ3n) is 2.92. The van der Waals surface area contributed by atoms with Gasteiger partial charge in [0.1, 0.15) is 9.98 Å². The Hall–Kier alpha value is -1.27. The summed E-state index contributed by atoms with van der Waals surface area (Å²) < 4.78 is 0. The lowest BCUT2D eigenvalue weighted by Gasteiger charge is -2.01. The molecule has 0 fully saturated rings. The van der Waals surface area contributed by atoms with Gasteiger partial charge in [0.05, 0.1) is 10.3 Å². The standard InChI is InChI=1S/C14H7ClN2S3/c15-12-11-8(9-3-1-5-18-9)7-20-14(11)17-13(16-12)10-4-2-6-19-10/h1-7H. The van der Waals surface area contributed by atoms with E-state index in [1.54, 1.807) is 34.0 Å². The van der Waals surface area contributed by atoms with Crippen molar-refractivity contribution in [2.75, 3.05) is 0 Å². The average molecular weight is 335 g/mol. The third kappa shape index (κ3) is 1.98. The second kappa shape index (κ2) is 4.93. The highest BCUT2D eigenvalue weighted by Crippen LogP contribution is 2.39. The third-order valence-corrected chi connectivity index (χ3v) is 5.83. The van der Waals surface area contributed by atoms with E-state index in [0.29, 0.717) is 11.0 Å². The molecule has 0 radical (unpaired) electrons. The first-order valence-corrected chi connectivity index (χ1v) is 8.87. The van der Waals surface area contributed by atoms with Crippen LogP contribution in [-0.4, -0.2) is 9.97 Å². The van der Waals surface area contributed by atoms with E-state index in [-0.39, 0.29) is 0 Å². The zero-order valence-corrected chi connectivity index (χ0v) is 13.2. The Balaban J connectivity index is 1.96. The zero-order chi connectivity index (χ0) is 13.5. The SMILES string of the molecule is Clc1nc(-c2cccs2)nc2scc(-c3cccs3)c12. The van der Waals surface area contributed by atoms with Gasteiger partial charge >= 0.3 is 0 Å². The molecule has 0 saturated carbocycles. The van der Waals surface area contributed by atoms with Gasteiger partial charge in [0.2, 0.25) is 0 Å². The Bertz CT molecular complexity index is 864. The highest BCUT2D eigenvalue weighted by Gasteiger charge is 2.15. The van der Waals surface area contributed by atoms with Crippen LogP contribution in [0.1, 0.15) is 0 Å². The number of aromatic nitrogens is 2. The van der Waals surface area contributed by atoms with Crippen LogP contribution in [0, 0.1) is 0 Å². The quantitative estimate of drug-likeness (QED) is 0.433. The van der Waals surface area contributed by atoms with Crippen LogP contribution >= 0.6 is 45.6 Å². The van der Waals surface area contributed by atoms with Crippen molar-refractivity contribution < 1.29 is 0 Å². The molecule has 98 valence electrons. The lowest BCUT2D eigenvalue weighted by atomic mass is 10.2. The molecule has 0 aliphatic heterocycles. The minimum Gasteiger partial charge on any atom is -0.216 e. The van der Waals surface area contributed by atoms with Gasteiger partial charge in [-0.15, -0.1) is 34.0 Å². The summed E-state index contributed by atoms with van der Waals surface area (Å²) in [5.74, 6) is 0.706. The van der Waals surface area contributed by atoms with Crippen LogP contribution in [0.4, 0.5) is 0 Å². The van der Waals surface area contributed by atoms with Crippen LogP contribution in [0.15, 0.2) is 40.4 Å². The number of hydrogen-bond acceptors (Lipinski definition) is 5. The van der Waals surface area contributed by atoms with E-state index >= 15 is 0 Å². The number of rotatable bonds is 2. The molecule has 0 spiro atoms. The van der Waals surface area contributed by atoms with Gasteiger partial charge in [-0.3, -0.25) is 0 Å². The van der Waals surface area contributed by atoms with Crippen molar-refractivity contribution in [3.8, 4) is 21.1 Å². The molecular weight excluding hydrogens is 328 g/mol. The monoisotopic (exact) mass is 334 g/mol. The number of hydrogen-bond donors (Lipinski definition) is 0. The minimum atomic E-state index is 0.531. The molecule has 20 heavy (non-hydrogen) atoms. The Kier molecular flexibility index (Phi) is 3.07. The molecule has 4 aromatic heterocycles. The second-order valence-corrected chi connectivity index (χ2v) is 7.23. The first-order valence-electron chi connectivity index (χ1n) is 5.85. The van der Waals surface area contributed by atoms with Crippen molar-refractivity contribution in [2.24, 2.45) is 0 Å². The van der Waals surface area contributed by atoms with E-state index in [9.17, 15) is 0 Å². The summed E-state index contributed by atoms with van der Waals surface area (Å²) in [6.07, 6.45) is 0. The van der Waals surface area contributed by atoms with Crippen LogP contribution in [-0.2, 0) is 0 Å². The van der Waals surface area contributed by atoms with E-state index in [4.69, 9.17) is 11.6 Å². The smallest absolute Gasteiger partial charge is 0.172 e. The van der Waals surface area contributed by atoms with Gasteiger partial charge in [-0.1, -0.05) is 23.7 Å². The maximum atomic E-state index is 6.41. The van der Waals surface area contributed by atoms with E-state index in [2.05, 4.69) is 26.8 Å². The number of thiophene rings is 3. The van der Waals surface area contributed by atoms with Crippen molar-refractivity contribution in [3.05, 3.63) is 45.6 Å². The summed E-state index contributed by atoms with van der Waals surface area (Å²) in [6.45, 7) is 0. The molecule has 4 heterocycles. The Morgan fingerprint density at radius 1 is 0.900 bits per heavy atom. The van der Waals surface area contributed by atoms with Crippen LogP contribution < -0.4 is 0 Å². The van der Waals surface area contributed by atoms with Crippen LogP contribution in [0.25, 0.3) is 31.4 Å². The highest BCUT2D eigenvalue weighted by atomic mass is 35.5. The van der Waals surface area contributed by atoms with Crippen molar-refractivity contribution in [1.29, 1.82) is 0 Å². The topological polar surface area (TPSA) is 25.8 Å². The van der Waals surface area contributed by atoms with Gasteiger partial charge in [0, 0.05) is 15.8 Å². The fourth-order valence-corrected chi connectivity index (χ4v) is 4.77. The maximum absolute atomic E-state index is 6.41. The van der Waals surface area contributed by atoms with Crippen molar-refractivity contribution in [3.63, 3.8) is 0 Å². The molecule has 0 aromatic carbocycles. The maximum Gasteiger partial charge on any atom is 0.172 e. The Morgan fingerprint density at radius 3 is 2.35 bits per heavy atom. The fraction of sp³-hybridized carbons (Fsp3) is 0. The highest BCUT2D eigenvalue weighted by molar-refractivity contribution is 7.18. The first kappa shape index (κ1) is 12.5. The van der Waals surface area contributed by atoms with Gasteiger partial charge < -0.3 is 0 Å². The summed E-state index contributed by atoms with van der Waals surface area (Å²) in [5, 5.41) is 7.67. The lowest BCUT2D eigenvalue weighted by Crippen LogP contribution is -1.88. The second-order valence-electron chi connectivity index (χ2n) is 4.12. The molecule has 0 amide bonds. The van der Waals surface area contributed by atoms with Gasteiger partial charge in [0.15, 0.2) is 5.82 Å². The molecule has 0 N–H and O–H groups in total. The lowest BCUT2D eigenvalue weighted by molar-refractivity contribution is 1.25. The Labute approximate surface area is 132 Å². The summed E-state index contributed by atoms with van der Waals surface area (Å²) in [4.78, 5) is 12.3. The molecule has 0 bridgehead atoms. The molecule has 0 aliphatic rings. The van der Waals surface area contributed by atoms with Gasteiger partial charge in [-0.2, -0.15) is 0 Å². The van der Waals surface area contributed by atoms with Crippen molar-refractivity contribution in [1.82, 2.24) is 9.97 Å². The van der Waals surface area contributed by atoms with E-state index in [1.807, 2.05) is 23.6 Å². The predicted molar refractivity (Wildman–Crippen MR) is 89.1 cm³/mol. The molecule has 0 atom stereocenters. The number of fused-ring (bicyclic) bond motifs is 1. The summed E-state index contributed by atoms with van der Waals surface area (Å²) in [6, 6.07) is 8.14. The minimum absolute atomic E-state index is 0.531. The molecule has 2 nitrogen and oxygen atoms in total. The van der Waals surface area contributed by atoms with E-state index in [0.717, 1.165) is 20.7 Å². The van der Waals surface area contributed by atoms with Crippen LogP contribution in [0.2, 0.25) is 5.15 Å². The molecule has 4 aromatic rings. The number of nitrogens with zero attached hydrogens (tertiary/aromatic N) is 2. The Morgan fingerprint density at radius 2 is 1.65 bits per heavy atom. The fourth-order valence-electron chi connectivity index (χ4n) is 2.03.